The van der Waals surface area contributed by atoms with Gasteiger partial charge in [0.15, 0.2) is 0 Å². The van der Waals surface area contributed by atoms with E-state index in [-0.39, 0.29) is 12.2 Å². The zero-order chi connectivity index (χ0) is 13.1. The number of nitrogens with two attached hydrogens (primary N) is 1. The molecule has 1 aliphatic heterocycles. The molecule has 2 atom stereocenters. The third-order valence-corrected chi connectivity index (χ3v) is 3.78. The molecule has 18 heavy (non-hydrogen) atoms. The van der Waals surface area contributed by atoms with Crippen molar-refractivity contribution in [3.8, 4) is 0 Å². The number of likely N-dealkylation sites (tertiary alicyclic amines) is 1. The third-order valence-electron chi connectivity index (χ3n) is 3.78. The van der Waals surface area contributed by atoms with Crippen LogP contribution in [0.5, 0.6) is 0 Å². The molecule has 2 rings (SSSR count). The molecule has 1 heterocycles. The van der Waals surface area contributed by atoms with Crippen LogP contribution in [0.1, 0.15) is 11.1 Å². The second-order valence-electron chi connectivity index (χ2n) is 4.87. The second kappa shape index (κ2) is 5.69. The maximum atomic E-state index is 5.93. The SMILES string of the molecule is COC1CN(Cc2cccc(N)c2C)CC1OC. The number of nitrogen functional groups attached to an aromatic ring is 1. The summed E-state index contributed by atoms with van der Waals surface area (Å²) in [5.41, 5.74) is 9.25. The fourth-order valence-electron chi connectivity index (χ4n) is 2.52. The minimum Gasteiger partial charge on any atom is -0.399 e. The molecule has 1 aliphatic rings. The van der Waals surface area contributed by atoms with E-state index in [1.807, 2.05) is 12.1 Å². The highest BCUT2D eigenvalue weighted by Gasteiger charge is 2.32. The molecule has 4 nitrogen and oxygen atoms in total. The highest BCUT2D eigenvalue weighted by Crippen LogP contribution is 2.22. The predicted octanol–water partition coefficient (Wildman–Crippen LogP) is 1.42. The van der Waals surface area contributed by atoms with Crippen molar-refractivity contribution in [2.24, 2.45) is 0 Å². The van der Waals surface area contributed by atoms with Gasteiger partial charge in [0.1, 0.15) is 0 Å². The molecule has 0 amide bonds. The average Bonchev–Trinajstić information content (AvgIpc) is 2.77. The number of nitrogens with zero attached hydrogens (tertiary/aromatic N) is 1. The lowest BCUT2D eigenvalue weighted by atomic mass is 10.1. The summed E-state index contributed by atoms with van der Waals surface area (Å²) in [7, 11) is 3.48. The Morgan fingerprint density at radius 2 is 1.83 bits per heavy atom. The van der Waals surface area contributed by atoms with Crippen molar-refractivity contribution in [1.82, 2.24) is 4.90 Å². The van der Waals surface area contributed by atoms with E-state index in [0.29, 0.717) is 0 Å². The molecule has 1 aromatic carbocycles. The fraction of sp³-hybridized carbons (Fsp3) is 0.571. The van der Waals surface area contributed by atoms with E-state index in [4.69, 9.17) is 15.2 Å². The van der Waals surface area contributed by atoms with Crippen LogP contribution in [0.4, 0.5) is 5.69 Å². The Morgan fingerprint density at radius 1 is 1.22 bits per heavy atom. The zero-order valence-electron chi connectivity index (χ0n) is 11.3. The predicted molar refractivity (Wildman–Crippen MR) is 72.5 cm³/mol. The zero-order valence-corrected chi connectivity index (χ0v) is 11.3. The summed E-state index contributed by atoms with van der Waals surface area (Å²) in [5.74, 6) is 0. The Labute approximate surface area is 109 Å². The van der Waals surface area contributed by atoms with Crippen molar-refractivity contribution in [3.05, 3.63) is 29.3 Å². The molecule has 1 fully saturated rings. The molecule has 1 saturated heterocycles. The summed E-state index contributed by atoms with van der Waals surface area (Å²) < 4.78 is 10.9. The number of hydrogen-bond donors (Lipinski definition) is 1. The second-order valence-corrected chi connectivity index (χ2v) is 4.87. The van der Waals surface area contributed by atoms with E-state index in [0.717, 1.165) is 25.3 Å². The van der Waals surface area contributed by atoms with Gasteiger partial charge in [-0.2, -0.15) is 0 Å². The van der Waals surface area contributed by atoms with E-state index < -0.39 is 0 Å². The van der Waals surface area contributed by atoms with Gasteiger partial charge in [0, 0.05) is 39.5 Å². The Bertz CT molecular complexity index is 397. The van der Waals surface area contributed by atoms with Gasteiger partial charge in [-0.25, -0.2) is 0 Å². The van der Waals surface area contributed by atoms with Crippen LogP contribution in [0.2, 0.25) is 0 Å². The fourth-order valence-corrected chi connectivity index (χ4v) is 2.52. The maximum Gasteiger partial charge on any atom is 0.0971 e. The van der Waals surface area contributed by atoms with Gasteiger partial charge in [0.25, 0.3) is 0 Å². The summed E-state index contributed by atoms with van der Waals surface area (Å²) in [6, 6.07) is 6.09. The summed E-state index contributed by atoms with van der Waals surface area (Å²) in [6.07, 6.45) is 0.327. The van der Waals surface area contributed by atoms with Gasteiger partial charge in [-0.3, -0.25) is 4.90 Å². The molecule has 0 radical (unpaired) electrons. The van der Waals surface area contributed by atoms with Crippen molar-refractivity contribution >= 4 is 5.69 Å². The molecular weight excluding hydrogens is 228 g/mol. The van der Waals surface area contributed by atoms with Gasteiger partial charge < -0.3 is 15.2 Å². The van der Waals surface area contributed by atoms with E-state index in [1.54, 1.807) is 14.2 Å². The molecule has 0 spiro atoms. The van der Waals surface area contributed by atoms with Crippen LogP contribution in [0, 0.1) is 6.92 Å². The normalized spacial score (nSPS) is 24.6. The van der Waals surface area contributed by atoms with Gasteiger partial charge >= 0.3 is 0 Å². The molecule has 0 aliphatic carbocycles. The van der Waals surface area contributed by atoms with Crippen LogP contribution in [-0.2, 0) is 16.0 Å². The quantitative estimate of drug-likeness (QED) is 0.821. The van der Waals surface area contributed by atoms with Gasteiger partial charge in [-0.05, 0) is 24.1 Å². The Balaban J connectivity index is 2.05. The van der Waals surface area contributed by atoms with Crippen LogP contribution in [0.25, 0.3) is 0 Å². The number of methoxy groups -OCH3 is 2. The van der Waals surface area contributed by atoms with Crippen LogP contribution >= 0.6 is 0 Å². The Morgan fingerprint density at radius 3 is 2.39 bits per heavy atom. The molecule has 4 heteroatoms. The monoisotopic (exact) mass is 250 g/mol. The maximum absolute atomic E-state index is 5.93. The lowest BCUT2D eigenvalue weighted by Gasteiger charge is -2.17. The molecule has 2 unspecified atom stereocenters. The third kappa shape index (κ3) is 2.66. The van der Waals surface area contributed by atoms with Crippen molar-refractivity contribution < 1.29 is 9.47 Å². The van der Waals surface area contributed by atoms with E-state index in [2.05, 4.69) is 17.9 Å². The standard InChI is InChI=1S/C14H22N2O2/c1-10-11(5-4-6-12(10)15)7-16-8-13(17-2)14(9-16)18-3/h4-6,13-14H,7-9,15H2,1-3H3. The molecule has 0 saturated carbocycles. The summed E-state index contributed by atoms with van der Waals surface area (Å²) >= 11 is 0. The smallest absolute Gasteiger partial charge is 0.0971 e. The first-order chi connectivity index (χ1) is 8.65. The van der Waals surface area contributed by atoms with Gasteiger partial charge in [-0.1, -0.05) is 12.1 Å². The lowest BCUT2D eigenvalue weighted by molar-refractivity contribution is -0.00461. The van der Waals surface area contributed by atoms with Crippen molar-refractivity contribution in [1.29, 1.82) is 0 Å². The Kier molecular flexibility index (Phi) is 4.22. The highest BCUT2D eigenvalue weighted by molar-refractivity contribution is 5.49. The van der Waals surface area contributed by atoms with Crippen LogP contribution < -0.4 is 5.73 Å². The molecule has 0 bridgehead atoms. The van der Waals surface area contributed by atoms with E-state index >= 15 is 0 Å². The number of benzene rings is 1. The minimum atomic E-state index is 0.163. The topological polar surface area (TPSA) is 47.7 Å². The number of anilines is 1. The first-order valence-electron chi connectivity index (χ1n) is 6.27. The molecule has 0 aromatic heterocycles. The van der Waals surface area contributed by atoms with Gasteiger partial charge in [0.2, 0.25) is 0 Å². The van der Waals surface area contributed by atoms with Gasteiger partial charge in [-0.15, -0.1) is 0 Å². The largest absolute Gasteiger partial charge is 0.399 e. The number of rotatable bonds is 4. The minimum absolute atomic E-state index is 0.163. The average molecular weight is 250 g/mol. The van der Waals surface area contributed by atoms with Crippen molar-refractivity contribution in [2.45, 2.75) is 25.7 Å². The first kappa shape index (κ1) is 13.3. The van der Waals surface area contributed by atoms with Crippen molar-refractivity contribution in [3.63, 3.8) is 0 Å². The molecule has 1 aromatic rings. The number of ether oxygens (including phenoxy) is 2. The highest BCUT2D eigenvalue weighted by atomic mass is 16.5. The van der Waals surface area contributed by atoms with Gasteiger partial charge in [0.05, 0.1) is 12.2 Å². The van der Waals surface area contributed by atoms with Crippen LogP contribution in [0.15, 0.2) is 18.2 Å². The molecule has 100 valence electrons. The van der Waals surface area contributed by atoms with E-state index in [9.17, 15) is 0 Å². The number of hydrogen-bond acceptors (Lipinski definition) is 4. The summed E-state index contributed by atoms with van der Waals surface area (Å²) in [6.45, 7) is 4.78. The molecular formula is C14H22N2O2. The summed E-state index contributed by atoms with van der Waals surface area (Å²) in [5, 5.41) is 0. The summed E-state index contributed by atoms with van der Waals surface area (Å²) in [4.78, 5) is 2.35. The Hall–Kier alpha value is -1.10. The van der Waals surface area contributed by atoms with E-state index in [1.165, 1.54) is 11.1 Å². The molecule has 2 N–H and O–H groups in total. The van der Waals surface area contributed by atoms with Crippen LogP contribution in [0.3, 0.4) is 0 Å². The van der Waals surface area contributed by atoms with Crippen molar-refractivity contribution in [2.75, 3.05) is 33.0 Å². The van der Waals surface area contributed by atoms with Crippen LogP contribution in [-0.4, -0.2) is 44.4 Å². The first-order valence-corrected chi connectivity index (χ1v) is 6.27. The lowest BCUT2D eigenvalue weighted by Crippen LogP contribution is -2.27.